The summed E-state index contributed by atoms with van der Waals surface area (Å²) in [7, 11) is 1.76. The van der Waals surface area contributed by atoms with Crippen LogP contribution in [0.1, 0.15) is 32.0 Å². The van der Waals surface area contributed by atoms with Gasteiger partial charge in [0.05, 0.1) is 7.05 Å². The van der Waals surface area contributed by atoms with Crippen molar-refractivity contribution in [3.05, 3.63) is 5.82 Å². The molecule has 0 saturated heterocycles. The van der Waals surface area contributed by atoms with Gasteiger partial charge in [-0.1, -0.05) is 13.8 Å². The van der Waals surface area contributed by atoms with E-state index >= 15 is 0 Å². The molecule has 0 fully saturated rings. The fourth-order valence-corrected chi connectivity index (χ4v) is 1.34. The number of tetrazole rings is 1. The van der Waals surface area contributed by atoms with Crippen molar-refractivity contribution in [2.45, 2.75) is 26.2 Å². The Kier molecular flexibility index (Phi) is 3.36. The second-order valence-corrected chi connectivity index (χ2v) is 3.70. The number of hydrogen-bond acceptors (Lipinski definition) is 4. The first-order valence-electron chi connectivity index (χ1n) is 4.57. The Morgan fingerprint density at radius 1 is 1.46 bits per heavy atom. The Labute approximate surface area is 78.3 Å². The molecule has 1 heterocycles. The van der Waals surface area contributed by atoms with Gasteiger partial charge in [0.25, 0.3) is 0 Å². The molecule has 74 valence electrons. The van der Waals surface area contributed by atoms with Crippen LogP contribution in [0.25, 0.3) is 0 Å². The van der Waals surface area contributed by atoms with Gasteiger partial charge in [-0.25, -0.2) is 0 Å². The van der Waals surface area contributed by atoms with Crippen molar-refractivity contribution in [3.63, 3.8) is 0 Å². The fraction of sp³-hybridized carbons (Fsp3) is 0.875. The van der Waals surface area contributed by atoms with Crippen LogP contribution in [0.4, 0.5) is 0 Å². The third kappa shape index (κ3) is 2.77. The molecule has 0 saturated carbocycles. The van der Waals surface area contributed by atoms with E-state index < -0.39 is 0 Å². The van der Waals surface area contributed by atoms with Crippen molar-refractivity contribution in [1.82, 2.24) is 20.2 Å². The molecular formula is C8H17N5. The Bertz CT molecular complexity index is 255. The molecule has 0 bridgehead atoms. The van der Waals surface area contributed by atoms with E-state index in [9.17, 15) is 0 Å². The highest BCUT2D eigenvalue weighted by Crippen LogP contribution is 2.18. The average Bonchev–Trinajstić information content (AvgIpc) is 2.47. The van der Waals surface area contributed by atoms with Crippen LogP contribution in [0.3, 0.4) is 0 Å². The molecule has 0 aliphatic rings. The molecule has 13 heavy (non-hydrogen) atoms. The minimum Gasteiger partial charge on any atom is -0.330 e. The summed E-state index contributed by atoms with van der Waals surface area (Å²) < 4.78 is 0. The molecule has 5 nitrogen and oxygen atoms in total. The van der Waals surface area contributed by atoms with Gasteiger partial charge in [-0.05, 0) is 17.6 Å². The summed E-state index contributed by atoms with van der Waals surface area (Å²) >= 11 is 0. The van der Waals surface area contributed by atoms with Gasteiger partial charge in [-0.15, -0.1) is 10.2 Å². The summed E-state index contributed by atoms with van der Waals surface area (Å²) in [5.74, 6) is 1.62. The molecule has 0 spiro atoms. The highest BCUT2D eigenvalue weighted by molar-refractivity contribution is 4.92. The largest absolute Gasteiger partial charge is 0.330 e. The smallest absolute Gasteiger partial charge is 0.179 e. The molecule has 2 N–H and O–H groups in total. The summed E-state index contributed by atoms with van der Waals surface area (Å²) in [5.41, 5.74) is 5.65. The predicted octanol–water partition coefficient (Wildman–Crippen LogP) is 0.298. The van der Waals surface area contributed by atoms with Gasteiger partial charge >= 0.3 is 0 Å². The average molecular weight is 183 g/mol. The molecule has 1 unspecified atom stereocenters. The zero-order chi connectivity index (χ0) is 9.84. The Hall–Kier alpha value is -0.970. The Balaban J connectivity index is 2.66. The van der Waals surface area contributed by atoms with E-state index in [0.717, 1.165) is 12.2 Å². The second-order valence-electron chi connectivity index (χ2n) is 3.70. The van der Waals surface area contributed by atoms with Crippen molar-refractivity contribution in [1.29, 1.82) is 0 Å². The van der Waals surface area contributed by atoms with Gasteiger partial charge in [0.2, 0.25) is 0 Å². The van der Waals surface area contributed by atoms with Crippen LogP contribution in [0.15, 0.2) is 0 Å². The van der Waals surface area contributed by atoms with Crippen LogP contribution in [0.2, 0.25) is 0 Å². The van der Waals surface area contributed by atoms with Gasteiger partial charge < -0.3 is 5.73 Å². The standard InChI is InChI=1S/C8H17N5/c1-6(2)4-7(5-9)8-10-12-13(3)11-8/h6-7H,4-5,9H2,1-3H3. The number of nitrogens with two attached hydrogens (primary N) is 1. The molecule has 0 aliphatic carbocycles. The summed E-state index contributed by atoms with van der Waals surface area (Å²) in [5, 5.41) is 11.9. The van der Waals surface area contributed by atoms with Crippen LogP contribution in [0.5, 0.6) is 0 Å². The Morgan fingerprint density at radius 2 is 2.15 bits per heavy atom. The minimum atomic E-state index is 0.244. The van der Waals surface area contributed by atoms with Crippen LogP contribution in [-0.4, -0.2) is 26.8 Å². The van der Waals surface area contributed by atoms with Crippen molar-refractivity contribution in [3.8, 4) is 0 Å². The van der Waals surface area contributed by atoms with E-state index in [1.54, 1.807) is 7.05 Å². The van der Waals surface area contributed by atoms with E-state index in [2.05, 4.69) is 29.3 Å². The molecule has 0 radical (unpaired) electrons. The zero-order valence-corrected chi connectivity index (χ0v) is 8.44. The molecular weight excluding hydrogens is 166 g/mol. The van der Waals surface area contributed by atoms with Crippen LogP contribution >= 0.6 is 0 Å². The maximum Gasteiger partial charge on any atom is 0.179 e. The molecule has 1 aromatic heterocycles. The van der Waals surface area contributed by atoms with E-state index in [4.69, 9.17) is 5.73 Å². The summed E-state index contributed by atoms with van der Waals surface area (Å²) in [6, 6.07) is 0. The van der Waals surface area contributed by atoms with E-state index in [0.29, 0.717) is 12.5 Å². The Morgan fingerprint density at radius 3 is 2.54 bits per heavy atom. The molecule has 0 aromatic carbocycles. The predicted molar refractivity (Wildman–Crippen MR) is 50.0 cm³/mol. The molecule has 1 atom stereocenters. The van der Waals surface area contributed by atoms with Crippen LogP contribution < -0.4 is 5.73 Å². The van der Waals surface area contributed by atoms with Crippen molar-refractivity contribution >= 4 is 0 Å². The van der Waals surface area contributed by atoms with E-state index in [1.165, 1.54) is 4.80 Å². The maximum absolute atomic E-state index is 5.65. The zero-order valence-electron chi connectivity index (χ0n) is 8.44. The first kappa shape index (κ1) is 10.1. The van der Waals surface area contributed by atoms with Gasteiger partial charge in [0.15, 0.2) is 5.82 Å². The lowest BCUT2D eigenvalue weighted by atomic mass is 9.97. The normalized spacial score (nSPS) is 13.6. The van der Waals surface area contributed by atoms with Gasteiger partial charge in [-0.2, -0.15) is 4.80 Å². The summed E-state index contributed by atoms with van der Waals surface area (Å²) in [6.07, 6.45) is 1.02. The quantitative estimate of drug-likeness (QED) is 0.728. The summed E-state index contributed by atoms with van der Waals surface area (Å²) in [6.45, 7) is 4.92. The maximum atomic E-state index is 5.65. The van der Waals surface area contributed by atoms with E-state index in [1.807, 2.05) is 0 Å². The first-order chi connectivity index (χ1) is 6.13. The van der Waals surface area contributed by atoms with Gasteiger partial charge in [0, 0.05) is 12.5 Å². The number of nitrogens with zero attached hydrogens (tertiary/aromatic N) is 4. The van der Waals surface area contributed by atoms with Gasteiger partial charge in [-0.3, -0.25) is 0 Å². The van der Waals surface area contributed by atoms with Crippen molar-refractivity contribution in [2.24, 2.45) is 18.7 Å². The third-order valence-corrected chi connectivity index (χ3v) is 1.93. The van der Waals surface area contributed by atoms with Gasteiger partial charge in [0.1, 0.15) is 0 Å². The lowest BCUT2D eigenvalue weighted by Crippen LogP contribution is -2.16. The van der Waals surface area contributed by atoms with Crippen molar-refractivity contribution < 1.29 is 0 Å². The monoisotopic (exact) mass is 183 g/mol. The highest BCUT2D eigenvalue weighted by atomic mass is 15.6. The summed E-state index contributed by atoms with van der Waals surface area (Å²) in [4.78, 5) is 1.47. The number of aromatic nitrogens is 4. The molecule has 1 rings (SSSR count). The number of rotatable bonds is 4. The lowest BCUT2D eigenvalue weighted by molar-refractivity contribution is 0.486. The van der Waals surface area contributed by atoms with E-state index in [-0.39, 0.29) is 5.92 Å². The molecule has 0 aliphatic heterocycles. The lowest BCUT2D eigenvalue weighted by Gasteiger charge is -2.12. The molecule has 1 aromatic rings. The molecule has 0 amide bonds. The highest BCUT2D eigenvalue weighted by Gasteiger charge is 2.16. The van der Waals surface area contributed by atoms with Crippen LogP contribution in [0, 0.1) is 5.92 Å². The number of aryl methyl sites for hydroxylation is 1. The first-order valence-corrected chi connectivity index (χ1v) is 4.57. The molecule has 5 heteroatoms. The SMILES string of the molecule is CC(C)CC(CN)c1nnn(C)n1. The number of hydrogen-bond donors (Lipinski definition) is 1. The van der Waals surface area contributed by atoms with Crippen molar-refractivity contribution in [2.75, 3.05) is 6.54 Å². The second kappa shape index (κ2) is 4.32. The van der Waals surface area contributed by atoms with Crippen LogP contribution in [-0.2, 0) is 7.05 Å². The topological polar surface area (TPSA) is 69.6 Å². The fourth-order valence-electron chi connectivity index (χ4n) is 1.34. The minimum absolute atomic E-state index is 0.244. The third-order valence-electron chi connectivity index (χ3n) is 1.93.